The molecule has 0 N–H and O–H groups in total. The van der Waals surface area contributed by atoms with Crippen LogP contribution in [0, 0.1) is 0 Å². The predicted octanol–water partition coefficient (Wildman–Crippen LogP) is 4.88. The number of hydrogen-bond acceptors (Lipinski definition) is 4. The average Bonchev–Trinajstić information content (AvgIpc) is 2.72. The Hall–Kier alpha value is -0.680. The van der Waals surface area contributed by atoms with Crippen LogP contribution in [0.1, 0.15) is 5.56 Å². The summed E-state index contributed by atoms with van der Waals surface area (Å²) in [7, 11) is 0. The van der Waals surface area contributed by atoms with E-state index >= 15 is 0 Å². The second-order valence-corrected chi connectivity index (χ2v) is 6.61. The second-order valence-electron chi connectivity index (χ2n) is 3.57. The Morgan fingerprint density at radius 3 is 2.84 bits per heavy atom. The Balaban J connectivity index is 2.22. The summed E-state index contributed by atoms with van der Waals surface area (Å²) in [4.78, 5) is 16.1. The molecule has 1 aliphatic rings. The Kier molecular flexibility index (Phi) is 5.16. The Labute approximate surface area is 130 Å². The van der Waals surface area contributed by atoms with Crippen LogP contribution in [-0.2, 0) is 4.79 Å². The molecule has 98 valence electrons. The molecule has 0 radical (unpaired) electrons. The van der Waals surface area contributed by atoms with Crippen LogP contribution in [0.2, 0.25) is 10.0 Å². The topological polar surface area (TPSA) is 29.4 Å². The molecule has 2 nitrogen and oxygen atoms in total. The van der Waals surface area contributed by atoms with Crippen LogP contribution in [0.15, 0.2) is 41.5 Å². The standard InChI is InChI=1S/C13H9Cl2NOS2/c1-2-5-18-13-16-11(12(17)19-13)7-8-3-4-9(14)10(15)6-8/h2-4,6-7H,1,5H2. The third kappa shape index (κ3) is 3.89. The lowest BCUT2D eigenvalue weighted by Gasteiger charge is -1.98. The highest BCUT2D eigenvalue weighted by atomic mass is 35.5. The largest absolute Gasteiger partial charge is 0.279 e. The van der Waals surface area contributed by atoms with E-state index in [9.17, 15) is 4.79 Å². The molecule has 0 unspecified atom stereocenters. The smallest absolute Gasteiger partial charge is 0.244 e. The molecule has 0 aromatic heterocycles. The van der Waals surface area contributed by atoms with Crippen LogP contribution in [0.25, 0.3) is 6.08 Å². The van der Waals surface area contributed by atoms with Crippen LogP contribution in [0.5, 0.6) is 0 Å². The van der Waals surface area contributed by atoms with Crippen molar-refractivity contribution < 1.29 is 4.79 Å². The molecule has 0 atom stereocenters. The van der Waals surface area contributed by atoms with E-state index in [4.69, 9.17) is 23.2 Å². The third-order valence-electron chi connectivity index (χ3n) is 2.17. The van der Waals surface area contributed by atoms with Crippen molar-refractivity contribution in [3.63, 3.8) is 0 Å². The van der Waals surface area contributed by atoms with Gasteiger partial charge in [0.05, 0.1) is 10.0 Å². The number of hydrogen-bond donors (Lipinski definition) is 0. The Morgan fingerprint density at radius 2 is 2.16 bits per heavy atom. The lowest BCUT2D eigenvalue weighted by atomic mass is 10.2. The van der Waals surface area contributed by atoms with Crippen molar-refractivity contribution in [1.82, 2.24) is 0 Å². The van der Waals surface area contributed by atoms with Gasteiger partial charge < -0.3 is 0 Å². The molecular formula is C13H9Cl2NOS2. The van der Waals surface area contributed by atoms with E-state index < -0.39 is 0 Å². The number of rotatable bonds is 3. The fourth-order valence-corrected chi connectivity index (χ4v) is 3.25. The minimum atomic E-state index is -0.0577. The van der Waals surface area contributed by atoms with Gasteiger partial charge in [-0.2, -0.15) is 0 Å². The summed E-state index contributed by atoms with van der Waals surface area (Å²) >= 11 is 14.4. The highest BCUT2D eigenvalue weighted by Crippen LogP contribution is 2.31. The van der Waals surface area contributed by atoms with Gasteiger partial charge in [0.2, 0.25) is 5.12 Å². The zero-order valence-corrected chi connectivity index (χ0v) is 12.9. The lowest BCUT2D eigenvalue weighted by molar-refractivity contribution is -0.107. The summed E-state index contributed by atoms with van der Waals surface area (Å²) in [5, 5.41) is 0.888. The number of carbonyl (C=O) groups excluding carboxylic acids is 1. The monoisotopic (exact) mass is 329 g/mol. The molecule has 6 heteroatoms. The molecule has 19 heavy (non-hydrogen) atoms. The van der Waals surface area contributed by atoms with Gasteiger partial charge in [0.1, 0.15) is 10.1 Å². The number of nitrogens with zero attached hydrogens (tertiary/aromatic N) is 1. The summed E-state index contributed by atoms with van der Waals surface area (Å²) in [5.74, 6) is 0.735. The summed E-state index contributed by atoms with van der Waals surface area (Å²) in [6, 6.07) is 5.20. The number of benzene rings is 1. The molecule has 0 bridgehead atoms. The first kappa shape index (κ1) is 14.7. The maximum atomic E-state index is 11.8. The van der Waals surface area contributed by atoms with Crippen LogP contribution >= 0.6 is 46.7 Å². The summed E-state index contributed by atoms with van der Waals surface area (Å²) in [6.07, 6.45) is 3.48. The summed E-state index contributed by atoms with van der Waals surface area (Å²) in [6.45, 7) is 3.63. The van der Waals surface area contributed by atoms with Crippen molar-refractivity contribution in [2.24, 2.45) is 4.99 Å². The van der Waals surface area contributed by atoms with Crippen LogP contribution in [-0.4, -0.2) is 15.2 Å². The van der Waals surface area contributed by atoms with Gasteiger partial charge in [-0.1, -0.05) is 47.1 Å². The highest BCUT2D eigenvalue weighted by Gasteiger charge is 2.22. The first-order valence-electron chi connectivity index (χ1n) is 5.31. The number of thioether (sulfide) groups is 2. The molecule has 0 saturated carbocycles. The maximum Gasteiger partial charge on any atom is 0.244 e. The van der Waals surface area contributed by atoms with Crippen molar-refractivity contribution in [1.29, 1.82) is 0 Å². The Bertz CT molecular complexity index is 596. The summed E-state index contributed by atoms with van der Waals surface area (Å²) < 4.78 is 0.746. The molecule has 0 spiro atoms. The SMILES string of the molecule is C=CCSC1=NC(=Cc2ccc(Cl)c(Cl)c2)C(=O)S1. The molecule has 1 aromatic rings. The van der Waals surface area contributed by atoms with Gasteiger partial charge in [0, 0.05) is 5.75 Å². The van der Waals surface area contributed by atoms with Gasteiger partial charge in [-0.25, -0.2) is 4.99 Å². The van der Waals surface area contributed by atoms with Crippen LogP contribution < -0.4 is 0 Å². The molecule has 1 heterocycles. The van der Waals surface area contributed by atoms with Gasteiger partial charge in [-0.05, 0) is 35.5 Å². The molecule has 1 aliphatic heterocycles. The zero-order chi connectivity index (χ0) is 13.8. The molecule has 0 saturated heterocycles. The van der Waals surface area contributed by atoms with Gasteiger partial charge in [-0.3, -0.25) is 4.79 Å². The quantitative estimate of drug-likeness (QED) is 0.584. The van der Waals surface area contributed by atoms with Gasteiger partial charge in [0.15, 0.2) is 0 Å². The molecule has 2 rings (SSSR count). The van der Waals surface area contributed by atoms with E-state index in [1.165, 1.54) is 11.8 Å². The maximum absolute atomic E-state index is 11.8. The minimum absolute atomic E-state index is 0.0577. The summed E-state index contributed by atoms with van der Waals surface area (Å²) in [5.41, 5.74) is 1.23. The molecular weight excluding hydrogens is 321 g/mol. The molecule has 0 amide bonds. The molecule has 1 aromatic carbocycles. The normalized spacial score (nSPS) is 16.8. The van der Waals surface area contributed by atoms with Gasteiger partial charge in [0.25, 0.3) is 0 Å². The second kappa shape index (κ2) is 6.66. The highest BCUT2D eigenvalue weighted by molar-refractivity contribution is 8.45. The van der Waals surface area contributed by atoms with Gasteiger partial charge >= 0.3 is 0 Å². The first-order chi connectivity index (χ1) is 9.10. The van der Waals surface area contributed by atoms with Crippen molar-refractivity contribution >= 4 is 62.3 Å². The number of halogens is 2. The fraction of sp³-hybridized carbons (Fsp3) is 0.0769. The van der Waals surface area contributed by atoms with E-state index in [1.807, 2.05) is 0 Å². The average molecular weight is 330 g/mol. The minimum Gasteiger partial charge on any atom is -0.279 e. The Morgan fingerprint density at radius 1 is 1.37 bits per heavy atom. The van der Waals surface area contributed by atoms with Crippen molar-refractivity contribution in [3.05, 3.63) is 52.2 Å². The van der Waals surface area contributed by atoms with E-state index in [2.05, 4.69) is 11.6 Å². The predicted molar refractivity (Wildman–Crippen MR) is 87.1 cm³/mol. The lowest BCUT2D eigenvalue weighted by Crippen LogP contribution is -1.88. The molecule has 0 fully saturated rings. The zero-order valence-electron chi connectivity index (χ0n) is 9.73. The van der Waals surface area contributed by atoms with E-state index in [0.717, 1.165) is 27.5 Å². The van der Waals surface area contributed by atoms with Crippen molar-refractivity contribution in [2.45, 2.75) is 0 Å². The van der Waals surface area contributed by atoms with Gasteiger partial charge in [-0.15, -0.1) is 6.58 Å². The van der Waals surface area contributed by atoms with Crippen LogP contribution in [0.3, 0.4) is 0 Å². The van der Waals surface area contributed by atoms with E-state index in [0.29, 0.717) is 15.7 Å². The number of carbonyl (C=O) groups is 1. The fourth-order valence-electron chi connectivity index (χ4n) is 1.34. The first-order valence-corrected chi connectivity index (χ1v) is 7.87. The molecule has 0 aliphatic carbocycles. The number of aliphatic imine (C=N–C) groups is 1. The van der Waals surface area contributed by atoms with E-state index in [-0.39, 0.29) is 5.12 Å². The van der Waals surface area contributed by atoms with E-state index in [1.54, 1.807) is 30.4 Å². The van der Waals surface area contributed by atoms with Crippen molar-refractivity contribution in [3.8, 4) is 0 Å². The van der Waals surface area contributed by atoms with Crippen LogP contribution in [0.4, 0.5) is 0 Å². The van der Waals surface area contributed by atoms with Crippen molar-refractivity contribution in [2.75, 3.05) is 5.75 Å². The third-order valence-corrected chi connectivity index (χ3v) is 4.92.